The fourth-order valence-electron chi connectivity index (χ4n) is 3.99. The van der Waals surface area contributed by atoms with E-state index in [1.54, 1.807) is 24.5 Å². The van der Waals surface area contributed by atoms with Gasteiger partial charge in [0.2, 0.25) is 5.95 Å². The van der Waals surface area contributed by atoms with Crippen molar-refractivity contribution in [3.05, 3.63) is 71.4 Å². The highest BCUT2D eigenvalue weighted by molar-refractivity contribution is 5.48. The minimum atomic E-state index is -2.89. The van der Waals surface area contributed by atoms with E-state index in [2.05, 4.69) is 30.4 Å². The molecule has 33 heavy (non-hydrogen) atoms. The first-order chi connectivity index (χ1) is 16.0. The number of anilines is 2. The monoisotopic (exact) mass is 453 g/mol. The maximum absolute atomic E-state index is 12.4. The Kier molecular flexibility index (Phi) is 5.59. The lowest BCUT2D eigenvalue weighted by Gasteiger charge is -2.15. The molecule has 11 heteroatoms. The van der Waals surface area contributed by atoms with Gasteiger partial charge in [-0.25, -0.2) is 9.50 Å². The number of rotatable bonds is 7. The van der Waals surface area contributed by atoms with E-state index in [4.69, 9.17) is 0 Å². The standard InChI is InChI=1S/C22H21F2N7O2/c23-21(24)33-17-8-10-31-19(12-17)28-22(29-31)27-15-5-4-14(11-15)26-18-7-6-16(13-25-18)30-9-2-1-3-20(30)32/h1-3,6-10,12-15,21H,4-5,11H2,(H,25,26)(H,27,29)/t14-,15-/m0/s1. The van der Waals surface area contributed by atoms with Crippen molar-refractivity contribution >= 4 is 17.4 Å². The van der Waals surface area contributed by atoms with Crippen molar-refractivity contribution in [2.24, 2.45) is 0 Å². The van der Waals surface area contributed by atoms with Gasteiger partial charge in [0.25, 0.3) is 5.56 Å². The van der Waals surface area contributed by atoms with Crippen LogP contribution in [0.2, 0.25) is 0 Å². The minimum absolute atomic E-state index is 0.0391. The molecule has 0 aromatic carbocycles. The number of alkyl halides is 2. The number of nitrogens with zero attached hydrogens (tertiary/aromatic N) is 5. The maximum atomic E-state index is 12.4. The van der Waals surface area contributed by atoms with Crippen LogP contribution in [0.4, 0.5) is 20.5 Å². The molecular weight excluding hydrogens is 432 g/mol. The van der Waals surface area contributed by atoms with Crippen LogP contribution in [-0.4, -0.2) is 42.8 Å². The summed E-state index contributed by atoms with van der Waals surface area (Å²) in [4.78, 5) is 20.7. The minimum Gasteiger partial charge on any atom is -0.435 e. The molecule has 2 N–H and O–H groups in total. The summed E-state index contributed by atoms with van der Waals surface area (Å²) in [5.41, 5.74) is 1.02. The van der Waals surface area contributed by atoms with E-state index in [1.807, 2.05) is 12.1 Å². The van der Waals surface area contributed by atoms with Crippen LogP contribution in [0.25, 0.3) is 11.3 Å². The number of ether oxygens (including phenoxy) is 1. The third-order valence-electron chi connectivity index (χ3n) is 5.50. The fourth-order valence-corrected chi connectivity index (χ4v) is 3.99. The van der Waals surface area contributed by atoms with Crippen LogP contribution in [0.15, 0.2) is 65.8 Å². The Morgan fingerprint density at radius 3 is 2.67 bits per heavy atom. The van der Waals surface area contributed by atoms with E-state index in [1.165, 1.54) is 33.5 Å². The molecule has 1 aliphatic carbocycles. The number of fused-ring (bicyclic) bond motifs is 1. The number of pyridine rings is 3. The van der Waals surface area contributed by atoms with Crippen molar-refractivity contribution in [2.45, 2.75) is 38.0 Å². The SMILES string of the molecule is O=c1ccccn1-c1ccc(N[C@H]2CC[C@H](Nc3nc4cc(OC(F)F)ccn4n3)C2)nc1. The quantitative estimate of drug-likeness (QED) is 0.443. The molecule has 0 bridgehead atoms. The van der Waals surface area contributed by atoms with E-state index in [9.17, 15) is 13.6 Å². The van der Waals surface area contributed by atoms with Gasteiger partial charge in [-0.05, 0) is 43.5 Å². The molecule has 4 heterocycles. The first-order valence-corrected chi connectivity index (χ1v) is 10.5. The van der Waals surface area contributed by atoms with Crippen LogP contribution in [0.5, 0.6) is 5.75 Å². The van der Waals surface area contributed by atoms with Gasteiger partial charge in [-0.3, -0.25) is 9.36 Å². The molecule has 0 radical (unpaired) electrons. The maximum Gasteiger partial charge on any atom is 0.387 e. The molecule has 2 atom stereocenters. The predicted molar refractivity (Wildman–Crippen MR) is 118 cm³/mol. The number of hydrogen-bond acceptors (Lipinski definition) is 7. The van der Waals surface area contributed by atoms with E-state index >= 15 is 0 Å². The summed E-state index contributed by atoms with van der Waals surface area (Å²) in [6.45, 7) is -2.89. The summed E-state index contributed by atoms with van der Waals surface area (Å²) in [5, 5.41) is 11.1. The van der Waals surface area contributed by atoms with Crippen LogP contribution < -0.4 is 20.9 Å². The van der Waals surface area contributed by atoms with Crippen LogP contribution in [0, 0.1) is 0 Å². The fraction of sp³-hybridized carbons (Fsp3) is 0.273. The summed E-state index contributed by atoms with van der Waals surface area (Å²) in [6.07, 6.45) is 7.62. The number of halogens is 2. The number of nitrogens with one attached hydrogen (secondary N) is 2. The molecular formula is C22H21F2N7O2. The highest BCUT2D eigenvalue weighted by atomic mass is 19.3. The van der Waals surface area contributed by atoms with E-state index in [0.29, 0.717) is 17.3 Å². The van der Waals surface area contributed by atoms with Gasteiger partial charge in [0.1, 0.15) is 11.6 Å². The highest BCUT2D eigenvalue weighted by Crippen LogP contribution is 2.25. The molecule has 0 saturated heterocycles. The van der Waals surface area contributed by atoms with Gasteiger partial charge in [-0.15, -0.1) is 5.10 Å². The van der Waals surface area contributed by atoms with Crippen LogP contribution in [0.3, 0.4) is 0 Å². The molecule has 0 unspecified atom stereocenters. The lowest BCUT2D eigenvalue weighted by molar-refractivity contribution is -0.0498. The molecule has 1 saturated carbocycles. The zero-order chi connectivity index (χ0) is 22.8. The van der Waals surface area contributed by atoms with Gasteiger partial charge < -0.3 is 15.4 Å². The van der Waals surface area contributed by atoms with Crippen molar-refractivity contribution in [1.82, 2.24) is 24.1 Å². The van der Waals surface area contributed by atoms with Crippen LogP contribution >= 0.6 is 0 Å². The summed E-state index contributed by atoms with van der Waals surface area (Å²) in [7, 11) is 0. The van der Waals surface area contributed by atoms with Crippen molar-refractivity contribution in [3.63, 3.8) is 0 Å². The second-order valence-electron chi connectivity index (χ2n) is 7.79. The average Bonchev–Trinajstić information content (AvgIpc) is 3.40. The van der Waals surface area contributed by atoms with Crippen LogP contribution in [0.1, 0.15) is 19.3 Å². The summed E-state index contributed by atoms with van der Waals surface area (Å²) in [5.74, 6) is 1.22. The first-order valence-electron chi connectivity index (χ1n) is 10.5. The summed E-state index contributed by atoms with van der Waals surface area (Å²) < 4.78 is 32.3. The molecule has 4 aromatic heterocycles. The summed E-state index contributed by atoms with van der Waals surface area (Å²) >= 11 is 0. The second-order valence-corrected chi connectivity index (χ2v) is 7.79. The Labute approximate surface area is 187 Å². The van der Waals surface area contributed by atoms with E-state index in [-0.39, 0.29) is 23.4 Å². The zero-order valence-corrected chi connectivity index (χ0v) is 17.4. The van der Waals surface area contributed by atoms with Crippen molar-refractivity contribution in [2.75, 3.05) is 10.6 Å². The van der Waals surface area contributed by atoms with Gasteiger partial charge >= 0.3 is 6.61 Å². The number of hydrogen-bond donors (Lipinski definition) is 2. The third kappa shape index (κ3) is 4.76. The van der Waals surface area contributed by atoms with Gasteiger partial charge in [0.15, 0.2) is 5.65 Å². The van der Waals surface area contributed by atoms with E-state index in [0.717, 1.165) is 25.1 Å². The number of aromatic nitrogens is 5. The first kappa shape index (κ1) is 20.9. The normalized spacial score (nSPS) is 18.0. The predicted octanol–water partition coefficient (Wildman–Crippen LogP) is 3.32. The molecule has 1 aliphatic rings. The van der Waals surface area contributed by atoms with Gasteiger partial charge in [-0.1, -0.05) is 6.07 Å². The molecule has 9 nitrogen and oxygen atoms in total. The largest absolute Gasteiger partial charge is 0.435 e. The molecule has 0 aliphatic heterocycles. The Bertz CT molecular complexity index is 1310. The average molecular weight is 453 g/mol. The zero-order valence-electron chi connectivity index (χ0n) is 17.4. The third-order valence-corrected chi connectivity index (χ3v) is 5.50. The molecule has 170 valence electrons. The van der Waals surface area contributed by atoms with Gasteiger partial charge in [0.05, 0.1) is 11.9 Å². The molecule has 5 rings (SSSR count). The second kappa shape index (κ2) is 8.85. The van der Waals surface area contributed by atoms with Gasteiger partial charge in [-0.2, -0.15) is 13.8 Å². The van der Waals surface area contributed by atoms with Gasteiger partial charge in [0, 0.05) is 36.6 Å². The molecule has 0 spiro atoms. The summed E-state index contributed by atoms with van der Waals surface area (Å²) in [6, 6.07) is 11.9. The Morgan fingerprint density at radius 1 is 1.06 bits per heavy atom. The lowest BCUT2D eigenvalue weighted by atomic mass is 10.2. The Morgan fingerprint density at radius 2 is 1.91 bits per heavy atom. The van der Waals surface area contributed by atoms with Crippen molar-refractivity contribution in [3.8, 4) is 11.4 Å². The molecule has 4 aromatic rings. The highest BCUT2D eigenvalue weighted by Gasteiger charge is 2.26. The van der Waals surface area contributed by atoms with Crippen LogP contribution in [-0.2, 0) is 0 Å². The van der Waals surface area contributed by atoms with E-state index < -0.39 is 6.61 Å². The molecule has 1 fully saturated rings. The van der Waals surface area contributed by atoms with Crippen molar-refractivity contribution in [1.29, 1.82) is 0 Å². The molecule has 0 amide bonds. The Balaban J connectivity index is 1.19. The Hall–Kier alpha value is -4.02. The topological polar surface area (TPSA) is 98.4 Å². The van der Waals surface area contributed by atoms with Crippen molar-refractivity contribution < 1.29 is 13.5 Å². The lowest BCUT2D eigenvalue weighted by Crippen LogP contribution is -2.21. The smallest absolute Gasteiger partial charge is 0.387 e.